The van der Waals surface area contributed by atoms with Crippen LogP contribution in [-0.4, -0.2) is 6.04 Å². The maximum atomic E-state index is 6.66. The van der Waals surface area contributed by atoms with Gasteiger partial charge in [0.1, 0.15) is 11.5 Å². The van der Waals surface area contributed by atoms with E-state index < -0.39 is 0 Å². The Bertz CT molecular complexity index is 2340. The predicted octanol–water partition coefficient (Wildman–Crippen LogP) is 11.8. The minimum atomic E-state index is 0.0266. The Labute approximate surface area is 296 Å². The van der Waals surface area contributed by atoms with Gasteiger partial charge in [-0.2, -0.15) is 0 Å². The third-order valence-corrected chi connectivity index (χ3v) is 10.9. The molecule has 50 heavy (non-hydrogen) atoms. The highest BCUT2D eigenvalue weighted by Gasteiger charge is 2.44. The molecule has 244 valence electrons. The minimum absolute atomic E-state index is 0.0266. The van der Waals surface area contributed by atoms with E-state index in [1.165, 1.54) is 32.5 Å². The van der Waals surface area contributed by atoms with Gasteiger partial charge in [-0.25, -0.2) is 0 Å². The van der Waals surface area contributed by atoms with Crippen LogP contribution in [0.4, 0.5) is 34.1 Å². The second kappa shape index (κ2) is 11.4. The van der Waals surface area contributed by atoms with Gasteiger partial charge < -0.3 is 19.7 Å². The first-order valence-electron chi connectivity index (χ1n) is 17.4. The molecular formula is C43H34N4O2S. The number of para-hydroxylation sites is 5. The molecule has 5 aliphatic heterocycles. The van der Waals surface area contributed by atoms with Gasteiger partial charge in [0, 0.05) is 33.6 Å². The summed E-state index contributed by atoms with van der Waals surface area (Å²) in [5, 5.41) is 4.03. The molecule has 6 nitrogen and oxygen atoms in total. The van der Waals surface area contributed by atoms with Gasteiger partial charge in [0.15, 0.2) is 23.0 Å². The van der Waals surface area contributed by atoms with Crippen molar-refractivity contribution in [1.29, 1.82) is 0 Å². The molecule has 1 aliphatic carbocycles. The van der Waals surface area contributed by atoms with E-state index in [-0.39, 0.29) is 6.04 Å². The number of hydrogen-bond donors (Lipinski definition) is 1. The Balaban J connectivity index is 0.00000156. The molecule has 6 aliphatic rings. The number of thioether (sulfide) groups is 1. The Morgan fingerprint density at radius 2 is 1.32 bits per heavy atom. The number of dihydropyridines is 1. The number of nitrogens with zero attached hydrogens (tertiary/aromatic N) is 3. The number of allylic oxidation sites excluding steroid dienone is 3. The Morgan fingerprint density at radius 1 is 0.620 bits per heavy atom. The molecule has 11 rings (SSSR count). The summed E-state index contributed by atoms with van der Waals surface area (Å²) in [6.45, 7) is 4.00. The van der Waals surface area contributed by atoms with Crippen molar-refractivity contribution in [2.75, 3.05) is 14.7 Å². The standard InChI is InChI=1S/C41H28N4O2S.C2H6/c1-2-11-25(12-3-1)44-31-16-7-9-20-37(31)48-38-24-32-39(42-41(38)44)27-13-4-5-14-28(27)43(32)26-21-22-30-36(23-26)47-35-19-10-18-34-40(35)45(30)29-15-6-8-17-33(29)46-34;1-2/h1-3,6-24,39,42H,4-5H2;1-2H3. The molecule has 0 spiro atoms. The number of nitrogens with one attached hydrogen (secondary N) is 1. The highest BCUT2D eigenvalue weighted by molar-refractivity contribution is 8.03. The average Bonchev–Trinajstić information content (AvgIpc) is 3.50. The molecule has 1 saturated heterocycles. The quantitative estimate of drug-likeness (QED) is 0.196. The maximum absolute atomic E-state index is 6.66. The predicted molar refractivity (Wildman–Crippen MR) is 203 cm³/mol. The largest absolute Gasteiger partial charge is 0.453 e. The minimum Gasteiger partial charge on any atom is -0.453 e. The fourth-order valence-electron chi connectivity index (χ4n) is 7.79. The van der Waals surface area contributed by atoms with Gasteiger partial charge in [-0.1, -0.05) is 86.3 Å². The van der Waals surface area contributed by atoms with Crippen LogP contribution in [0.2, 0.25) is 0 Å². The number of ether oxygens (including phenoxy) is 2. The number of anilines is 6. The van der Waals surface area contributed by atoms with Crippen molar-refractivity contribution in [1.82, 2.24) is 5.32 Å². The van der Waals surface area contributed by atoms with Crippen molar-refractivity contribution in [2.24, 2.45) is 0 Å². The zero-order valence-electron chi connectivity index (χ0n) is 27.8. The smallest absolute Gasteiger partial charge is 0.155 e. The summed E-state index contributed by atoms with van der Waals surface area (Å²) in [5.41, 5.74) is 10.2. The summed E-state index contributed by atoms with van der Waals surface area (Å²) >= 11 is 1.83. The summed E-state index contributed by atoms with van der Waals surface area (Å²) in [6.07, 6.45) is 9.26. The Kier molecular flexibility index (Phi) is 6.64. The molecule has 0 aromatic heterocycles. The molecule has 0 bridgehead atoms. The fourth-order valence-corrected chi connectivity index (χ4v) is 8.86. The molecule has 1 fully saturated rings. The van der Waals surface area contributed by atoms with Crippen LogP contribution in [-0.2, 0) is 0 Å². The molecule has 1 atom stereocenters. The first-order valence-corrected chi connectivity index (χ1v) is 18.2. The van der Waals surface area contributed by atoms with Crippen molar-refractivity contribution in [3.05, 3.63) is 161 Å². The van der Waals surface area contributed by atoms with Crippen LogP contribution >= 0.6 is 11.8 Å². The zero-order chi connectivity index (χ0) is 33.3. The third kappa shape index (κ3) is 4.23. The number of benzene rings is 5. The number of fused-ring (bicyclic) bond motifs is 8. The molecule has 0 radical (unpaired) electrons. The molecule has 0 amide bonds. The van der Waals surface area contributed by atoms with Crippen molar-refractivity contribution < 1.29 is 9.47 Å². The van der Waals surface area contributed by atoms with Gasteiger partial charge >= 0.3 is 0 Å². The van der Waals surface area contributed by atoms with Gasteiger partial charge in [0.05, 0.1) is 33.7 Å². The van der Waals surface area contributed by atoms with E-state index >= 15 is 0 Å². The van der Waals surface area contributed by atoms with E-state index in [1.807, 2.05) is 55.9 Å². The molecular weight excluding hydrogens is 637 g/mol. The van der Waals surface area contributed by atoms with Gasteiger partial charge in [-0.3, -0.25) is 9.80 Å². The lowest BCUT2D eigenvalue weighted by molar-refractivity contribution is 0.446. The lowest BCUT2D eigenvalue weighted by Crippen LogP contribution is -2.41. The molecule has 5 aromatic rings. The Hall–Kier alpha value is -5.79. The van der Waals surface area contributed by atoms with E-state index in [0.29, 0.717) is 0 Å². The van der Waals surface area contributed by atoms with E-state index in [1.54, 1.807) is 0 Å². The molecule has 5 heterocycles. The van der Waals surface area contributed by atoms with Gasteiger partial charge in [0.25, 0.3) is 0 Å². The lowest BCUT2D eigenvalue weighted by Gasteiger charge is -2.39. The van der Waals surface area contributed by atoms with Crippen molar-refractivity contribution in [2.45, 2.75) is 37.6 Å². The van der Waals surface area contributed by atoms with Crippen LogP contribution < -0.4 is 29.5 Å². The summed E-state index contributed by atoms with van der Waals surface area (Å²) < 4.78 is 13.0. The topological polar surface area (TPSA) is 40.2 Å². The molecule has 7 heteroatoms. The third-order valence-electron chi connectivity index (χ3n) is 9.80. The molecule has 1 N–H and O–H groups in total. The van der Waals surface area contributed by atoms with E-state index in [4.69, 9.17) is 9.47 Å². The van der Waals surface area contributed by atoms with Crippen LogP contribution in [0.3, 0.4) is 0 Å². The molecule has 0 saturated carbocycles. The summed E-state index contributed by atoms with van der Waals surface area (Å²) in [4.78, 5) is 9.53. The fraction of sp³-hybridized carbons (Fsp3) is 0.116. The first-order chi connectivity index (χ1) is 24.8. The van der Waals surface area contributed by atoms with Crippen molar-refractivity contribution >= 4 is 45.9 Å². The second-order valence-electron chi connectivity index (χ2n) is 12.5. The molecule has 5 aromatic carbocycles. The van der Waals surface area contributed by atoms with Crippen LogP contribution in [0.1, 0.15) is 26.7 Å². The number of hydrogen-bond acceptors (Lipinski definition) is 7. The van der Waals surface area contributed by atoms with E-state index in [9.17, 15) is 0 Å². The van der Waals surface area contributed by atoms with Crippen LogP contribution in [0.15, 0.2) is 166 Å². The highest BCUT2D eigenvalue weighted by Crippen LogP contribution is 2.60. The van der Waals surface area contributed by atoms with Gasteiger partial charge in [-0.05, 0) is 79.6 Å². The van der Waals surface area contributed by atoms with Gasteiger partial charge in [0.2, 0.25) is 0 Å². The summed E-state index contributed by atoms with van der Waals surface area (Å²) in [7, 11) is 0. The van der Waals surface area contributed by atoms with Crippen LogP contribution in [0, 0.1) is 0 Å². The normalized spacial score (nSPS) is 18.4. The zero-order valence-corrected chi connectivity index (χ0v) is 28.6. The van der Waals surface area contributed by atoms with Crippen LogP contribution in [0.25, 0.3) is 0 Å². The molecule has 1 unspecified atom stereocenters. The van der Waals surface area contributed by atoms with E-state index in [0.717, 1.165) is 70.1 Å². The monoisotopic (exact) mass is 670 g/mol. The van der Waals surface area contributed by atoms with Crippen LogP contribution in [0.5, 0.6) is 23.0 Å². The first kappa shape index (κ1) is 29.2. The summed E-state index contributed by atoms with van der Waals surface area (Å²) in [5.74, 6) is 4.36. The lowest BCUT2D eigenvalue weighted by atomic mass is 9.98. The second-order valence-corrected chi connectivity index (χ2v) is 13.6. The van der Waals surface area contributed by atoms with Gasteiger partial charge in [-0.15, -0.1) is 0 Å². The van der Waals surface area contributed by atoms with Crippen molar-refractivity contribution in [3.63, 3.8) is 0 Å². The highest BCUT2D eigenvalue weighted by atomic mass is 32.2. The SMILES string of the molecule is C1=C2C(=CCC1)N(c1ccc3c(c1)Oc1cccc4c1N3c1ccccc1O4)C1=CC3=C(NC21)N(c1ccccc1)c1ccccc1S3.CC. The summed E-state index contributed by atoms with van der Waals surface area (Å²) in [6, 6.07) is 40.2. The number of rotatable bonds is 2. The van der Waals surface area contributed by atoms with E-state index in [2.05, 4.69) is 123 Å². The Morgan fingerprint density at radius 3 is 2.18 bits per heavy atom. The maximum Gasteiger partial charge on any atom is 0.155 e. The van der Waals surface area contributed by atoms with Crippen molar-refractivity contribution in [3.8, 4) is 23.0 Å². The average molecular weight is 671 g/mol.